The summed E-state index contributed by atoms with van der Waals surface area (Å²) in [6.45, 7) is 4.02. The zero-order valence-electron chi connectivity index (χ0n) is 13.9. The van der Waals surface area contributed by atoms with E-state index in [1.54, 1.807) is 19.1 Å². The Labute approximate surface area is 143 Å². The van der Waals surface area contributed by atoms with E-state index in [4.69, 9.17) is 14.3 Å². The molecule has 0 spiro atoms. The monoisotopic (exact) mass is 342 g/mol. The van der Waals surface area contributed by atoms with Crippen LogP contribution in [-0.2, 0) is 0 Å². The Morgan fingerprint density at radius 1 is 1.24 bits per heavy atom. The highest BCUT2D eigenvalue weighted by Crippen LogP contribution is 2.30. The minimum Gasteiger partial charge on any atom is -0.494 e. The molecule has 25 heavy (non-hydrogen) atoms. The molecule has 6 heteroatoms. The minimum atomic E-state index is -1.12. The average Bonchev–Trinajstić information content (AvgIpc) is 2.59. The maximum absolute atomic E-state index is 12.9. The molecule has 0 fully saturated rings. The van der Waals surface area contributed by atoms with Crippen LogP contribution in [0.3, 0.4) is 0 Å². The van der Waals surface area contributed by atoms with Crippen molar-refractivity contribution in [1.29, 1.82) is 0 Å². The Bertz CT molecular complexity index is 1020. The summed E-state index contributed by atoms with van der Waals surface area (Å²) in [5.74, 6) is -0.655. The predicted molar refractivity (Wildman–Crippen MR) is 93.4 cm³/mol. The lowest BCUT2D eigenvalue weighted by molar-refractivity contribution is 0.0697. The van der Waals surface area contributed by atoms with Gasteiger partial charge in [-0.15, -0.1) is 0 Å². The zero-order valence-corrected chi connectivity index (χ0v) is 13.9. The van der Waals surface area contributed by atoms with E-state index in [1.807, 2.05) is 6.92 Å². The number of carboxylic acids is 1. The molecule has 2 N–H and O–H groups in total. The molecule has 0 amide bonds. The fourth-order valence-electron chi connectivity index (χ4n) is 2.70. The Balaban J connectivity index is 2.35. The summed E-state index contributed by atoms with van der Waals surface area (Å²) in [5, 5.41) is 19.6. The number of benzene rings is 2. The summed E-state index contributed by atoms with van der Waals surface area (Å²) in [6, 6.07) is 7.34. The van der Waals surface area contributed by atoms with Gasteiger partial charge >= 0.3 is 5.97 Å². The van der Waals surface area contributed by atoms with Gasteiger partial charge in [-0.25, -0.2) is 4.79 Å². The van der Waals surface area contributed by atoms with Gasteiger partial charge in [0.1, 0.15) is 16.9 Å². The number of carboxylic acid groups (broad SMARTS) is 1. The molecule has 1 atom stereocenters. The molecule has 1 aromatic heterocycles. The number of aliphatic hydroxyl groups excluding tert-OH is 1. The highest BCUT2D eigenvalue weighted by Gasteiger charge is 2.17. The first-order valence-electron chi connectivity index (χ1n) is 8.01. The highest BCUT2D eigenvalue weighted by atomic mass is 16.5. The van der Waals surface area contributed by atoms with Gasteiger partial charge < -0.3 is 19.4 Å². The summed E-state index contributed by atoms with van der Waals surface area (Å²) in [5.41, 5.74) is 0.646. The summed E-state index contributed by atoms with van der Waals surface area (Å²) in [7, 11) is 0. The van der Waals surface area contributed by atoms with Gasteiger partial charge in [0.05, 0.1) is 29.0 Å². The van der Waals surface area contributed by atoms with E-state index >= 15 is 0 Å². The van der Waals surface area contributed by atoms with Crippen molar-refractivity contribution in [3.63, 3.8) is 0 Å². The number of ether oxygens (including phenoxy) is 1. The lowest BCUT2D eigenvalue weighted by Crippen LogP contribution is -2.07. The third kappa shape index (κ3) is 3.08. The molecule has 6 nitrogen and oxygen atoms in total. The van der Waals surface area contributed by atoms with E-state index in [9.17, 15) is 14.7 Å². The Kier molecular flexibility index (Phi) is 4.46. The van der Waals surface area contributed by atoms with Crippen LogP contribution in [0.25, 0.3) is 21.9 Å². The quantitative estimate of drug-likeness (QED) is 0.689. The molecule has 1 heterocycles. The van der Waals surface area contributed by atoms with Crippen molar-refractivity contribution in [2.24, 2.45) is 0 Å². The Morgan fingerprint density at radius 3 is 2.64 bits per heavy atom. The number of aromatic carboxylic acids is 1. The second kappa shape index (κ2) is 6.57. The third-order valence-electron chi connectivity index (χ3n) is 3.94. The number of hydrogen-bond donors (Lipinski definition) is 2. The van der Waals surface area contributed by atoms with Gasteiger partial charge in [-0.05, 0) is 43.7 Å². The van der Waals surface area contributed by atoms with Gasteiger partial charge in [-0.1, -0.05) is 6.92 Å². The van der Waals surface area contributed by atoms with Gasteiger partial charge in [-0.2, -0.15) is 0 Å². The smallest absolute Gasteiger partial charge is 0.335 e. The van der Waals surface area contributed by atoms with Crippen molar-refractivity contribution in [3.05, 3.63) is 51.7 Å². The van der Waals surface area contributed by atoms with Gasteiger partial charge in [-0.3, -0.25) is 4.79 Å². The maximum Gasteiger partial charge on any atom is 0.335 e. The van der Waals surface area contributed by atoms with Crippen molar-refractivity contribution in [3.8, 4) is 5.75 Å². The number of carbonyl (C=O) groups is 1. The van der Waals surface area contributed by atoms with Gasteiger partial charge in [0, 0.05) is 5.56 Å². The number of rotatable bonds is 5. The summed E-state index contributed by atoms with van der Waals surface area (Å²) >= 11 is 0. The van der Waals surface area contributed by atoms with E-state index in [-0.39, 0.29) is 32.9 Å². The first-order chi connectivity index (χ1) is 11.9. The van der Waals surface area contributed by atoms with Crippen LogP contribution < -0.4 is 10.2 Å². The van der Waals surface area contributed by atoms with Crippen LogP contribution in [0.1, 0.15) is 42.3 Å². The fraction of sp³-hybridized carbons (Fsp3) is 0.263. The molecule has 2 aromatic carbocycles. The van der Waals surface area contributed by atoms with Crippen LogP contribution in [0, 0.1) is 0 Å². The third-order valence-corrected chi connectivity index (χ3v) is 3.94. The second-order valence-electron chi connectivity index (χ2n) is 5.86. The summed E-state index contributed by atoms with van der Waals surface area (Å²) < 4.78 is 11.4. The minimum absolute atomic E-state index is 0.00767. The molecule has 3 rings (SSSR count). The molecule has 0 saturated carbocycles. The number of hydrogen-bond acceptors (Lipinski definition) is 5. The average molecular weight is 342 g/mol. The van der Waals surface area contributed by atoms with E-state index in [1.165, 1.54) is 18.2 Å². The molecule has 130 valence electrons. The van der Waals surface area contributed by atoms with Crippen LogP contribution in [0.2, 0.25) is 0 Å². The standard InChI is InChI=1S/C19H18O6/c1-3-6-24-12-8-13(10(2)20)18-15(9-12)17(21)14-7-11(19(22)23)4-5-16(14)25-18/h4-5,7-10,20H,3,6H2,1-2H3,(H,22,23). The van der Waals surface area contributed by atoms with Gasteiger partial charge in [0.25, 0.3) is 0 Å². The largest absolute Gasteiger partial charge is 0.494 e. The molecular formula is C19H18O6. The zero-order chi connectivity index (χ0) is 18.1. The number of aliphatic hydroxyl groups is 1. The van der Waals surface area contributed by atoms with Crippen molar-refractivity contribution in [2.45, 2.75) is 26.4 Å². The van der Waals surface area contributed by atoms with Crippen LogP contribution in [0.5, 0.6) is 5.75 Å². The molecule has 0 aliphatic heterocycles. The van der Waals surface area contributed by atoms with Crippen molar-refractivity contribution in [1.82, 2.24) is 0 Å². The van der Waals surface area contributed by atoms with Crippen molar-refractivity contribution < 1.29 is 24.2 Å². The summed E-state index contributed by atoms with van der Waals surface area (Å²) in [4.78, 5) is 24.0. The van der Waals surface area contributed by atoms with Crippen LogP contribution in [0.15, 0.2) is 39.5 Å². The first-order valence-corrected chi connectivity index (χ1v) is 8.01. The van der Waals surface area contributed by atoms with E-state index in [0.717, 1.165) is 6.42 Å². The van der Waals surface area contributed by atoms with Gasteiger partial charge in [0.15, 0.2) is 0 Å². The normalized spacial score (nSPS) is 12.4. The number of fused-ring (bicyclic) bond motifs is 2. The maximum atomic E-state index is 12.9. The second-order valence-corrected chi connectivity index (χ2v) is 5.86. The van der Waals surface area contributed by atoms with Crippen LogP contribution >= 0.6 is 0 Å². The molecule has 0 radical (unpaired) electrons. The molecule has 0 aliphatic carbocycles. The van der Waals surface area contributed by atoms with Crippen LogP contribution in [0.4, 0.5) is 0 Å². The molecule has 0 saturated heterocycles. The van der Waals surface area contributed by atoms with Crippen LogP contribution in [-0.4, -0.2) is 22.8 Å². The van der Waals surface area contributed by atoms with Gasteiger partial charge in [0.2, 0.25) is 5.43 Å². The molecule has 1 unspecified atom stereocenters. The lowest BCUT2D eigenvalue weighted by atomic mass is 10.0. The Hall–Kier alpha value is -2.86. The van der Waals surface area contributed by atoms with E-state index in [2.05, 4.69) is 0 Å². The molecule has 0 bridgehead atoms. The molecule has 0 aliphatic rings. The van der Waals surface area contributed by atoms with Crippen molar-refractivity contribution in [2.75, 3.05) is 6.61 Å². The highest BCUT2D eigenvalue weighted by molar-refractivity contribution is 5.96. The Morgan fingerprint density at radius 2 is 2.00 bits per heavy atom. The first kappa shape index (κ1) is 17.0. The topological polar surface area (TPSA) is 97.0 Å². The molecular weight excluding hydrogens is 324 g/mol. The van der Waals surface area contributed by atoms with E-state index < -0.39 is 12.1 Å². The predicted octanol–water partition coefficient (Wildman–Crippen LogP) is 3.49. The SMILES string of the molecule is CCCOc1cc(C(C)O)c2oc3ccc(C(=O)O)cc3c(=O)c2c1. The fourth-order valence-corrected chi connectivity index (χ4v) is 2.70. The summed E-state index contributed by atoms with van der Waals surface area (Å²) in [6.07, 6.45) is -0.0531. The molecule has 3 aromatic rings. The van der Waals surface area contributed by atoms with Crippen molar-refractivity contribution >= 4 is 27.9 Å². The van der Waals surface area contributed by atoms with E-state index in [0.29, 0.717) is 17.9 Å². The lowest BCUT2D eigenvalue weighted by Gasteiger charge is -2.13.